The SMILES string of the molecule is O=C(CCCCC(=O)ON1C(=O)CCC1=O)OCCO. The lowest BCUT2D eigenvalue weighted by molar-refractivity contribution is -0.197. The summed E-state index contributed by atoms with van der Waals surface area (Å²) < 4.78 is 4.63. The zero-order chi connectivity index (χ0) is 15.0. The van der Waals surface area contributed by atoms with Gasteiger partial charge >= 0.3 is 11.9 Å². The number of carbonyl (C=O) groups excluding carboxylic acids is 4. The monoisotopic (exact) mass is 287 g/mol. The predicted molar refractivity (Wildman–Crippen MR) is 63.7 cm³/mol. The molecule has 1 N–H and O–H groups in total. The molecule has 0 spiro atoms. The van der Waals surface area contributed by atoms with Gasteiger partial charge in [0.05, 0.1) is 6.61 Å². The summed E-state index contributed by atoms with van der Waals surface area (Å²) in [6.07, 6.45) is 1.05. The maximum Gasteiger partial charge on any atom is 0.333 e. The van der Waals surface area contributed by atoms with Crippen molar-refractivity contribution in [3.8, 4) is 0 Å². The number of nitrogens with zero attached hydrogens (tertiary/aromatic N) is 1. The quantitative estimate of drug-likeness (QED) is 0.370. The summed E-state index contributed by atoms with van der Waals surface area (Å²) in [7, 11) is 0. The summed E-state index contributed by atoms with van der Waals surface area (Å²) in [5.74, 6) is -2.17. The van der Waals surface area contributed by atoms with Crippen molar-refractivity contribution in [3.63, 3.8) is 0 Å². The standard InChI is InChI=1S/C12H17NO7/c14-7-8-19-11(17)3-1-2-4-12(18)20-13-9(15)5-6-10(13)16/h14H,1-8H2. The zero-order valence-corrected chi connectivity index (χ0v) is 11.0. The van der Waals surface area contributed by atoms with Crippen LogP contribution in [0.25, 0.3) is 0 Å². The lowest BCUT2D eigenvalue weighted by atomic mass is 10.2. The molecule has 1 fully saturated rings. The summed E-state index contributed by atoms with van der Waals surface area (Å²) >= 11 is 0. The van der Waals surface area contributed by atoms with E-state index in [2.05, 4.69) is 9.57 Å². The maximum absolute atomic E-state index is 11.4. The fourth-order valence-electron chi connectivity index (χ4n) is 1.58. The van der Waals surface area contributed by atoms with Crippen molar-refractivity contribution >= 4 is 23.8 Å². The van der Waals surface area contributed by atoms with Gasteiger partial charge in [0, 0.05) is 25.7 Å². The Balaban J connectivity index is 2.13. The van der Waals surface area contributed by atoms with E-state index in [1.165, 1.54) is 0 Å². The summed E-state index contributed by atoms with van der Waals surface area (Å²) in [5.41, 5.74) is 0. The van der Waals surface area contributed by atoms with Crippen LogP contribution < -0.4 is 0 Å². The molecule has 1 aliphatic heterocycles. The van der Waals surface area contributed by atoms with Crippen LogP contribution in [0, 0.1) is 0 Å². The first-order valence-corrected chi connectivity index (χ1v) is 6.37. The van der Waals surface area contributed by atoms with Gasteiger partial charge in [0.25, 0.3) is 11.8 Å². The van der Waals surface area contributed by atoms with Gasteiger partial charge in [-0.05, 0) is 12.8 Å². The van der Waals surface area contributed by atoms with Crippen LogP contribution in [0.3, 0.4) is 0 Å². The average molecular weight is 287 g/mol. The fraction of sp³-hybridized carbons (Fsp3) is 0.667. The second-order valence-corrected chi connectivity index (χ2v) is 4.20. The van der Waals surface area contributed by atoms with Crippen LogP contribution in [0.15, 0.2) is 0 Å². The molecule has 0 aromatic heterocycles. The van der Waals surface area contributed by atoms with Gasteiger partial charge in [-0.15, -0.1) is 5.06 Å². The fourth-order valence-corrected chi connectivity index (χ4v) is 1.58. The third kappa shape index (κ3) is 5.35. The number of imide groups is 1. The molecule has 20 heavy (non-hydrogen) atoms. The normalized spacial score (nSPS) is 14.6. The van der Waals surface area contributed by atoms with Gasteiger partial charge in [-0.25, -0.2) is 4.79 Å². The van der Waals surface area contributed by atoms with Crippen molar-refractivity contribution in [1.29, 1.82) is 0 Å². The van der Waals surface area contributed by atoms with Gasteiger partial charge in [0.15, 0.2) is 0 Å². The number of aliphatic hydroxyl groups is 1. The van der Waals surface area contributed by atoms with E-state index in [0.717, 1.165) is 0 Å². The lowest BCUT2D eigenvalue weighted by Crippen LogP contribution is -2.31. The van der Waals surface area contributed by atoms with Crippen molar-refractivity contribution in [1.82, 2.24) is 5.06 Å². The number of ether oxygens (including phenoxy) is 1. The Bertz CT molecular complexity index is 377. The molecule has 1 saturated heterocycles. The number of hydrogen-bond donors (Lipinski definition) is 1. The molecule has 0 unspecified atom stereocenters. The van der Waals surface area contributed by atoms with Crippen molar-refractivity contribution in [2.75, 3.05) is 13.2 Å². The Kier molecular flexibility index (Phi) is 6.65. The van der Waals surface area contributed by atoms with Crippen LogP contribution in [0.4, 0.5) is 0 Å². The number of amides is 2. The van der Waals surface area contributed by atoms with Gasteiger partial charge < -0.3 is 14.7 Å². The summed E-state index contributed by atoms with van der Waals surface area (Å²) in [5, 5.41) is 8.94. The first-order valence-electron chi connectivity index (χ1n) is 6.37. The van der Waals surface area contributed by atoms with Gasteiger partial charge in [0.2, 0.25) is 0 Å². The lowest BCUT2D eigenvalue weighted by Gasteiger charge is -2.12. The number of esters is 1. The summed E-state index contributed by atoms with van der Waals surface area (Å²) in [4.78, 5) is 49.5. The van der Waals surface area contributed by atoms with Crippen LogP contribution in [0.5, 0.6) is 0 Å². The molecule has 0 bridgehead atoms. The number of carbonyl (C=O) groups is 4. The van der Waals surface area contributed by atoms with E-state index >= 15 is 0 Å². The number of hydrogen-bond acceptors (Lipinski definition) is 7. The van der Waals surface area contributed by atoms with Crippen LogP contribution in [0.1, 0.15) is 38.5 Å². The molecule has 0 saturated carbocycles. The molecule has 1 aliphatic rings. The molecule has 2 amide bonds. The van der Waals surface area contributed by atoms with Crippen molar-refractivity contribution in [2.45, 2.75) is 38.5 Å². The molecule has 0 aromatic rings. The molecular weight excluding hydrogens is 270 g/mol. The van der Waals surface area contributed by atoms with E-state index in [1.54, 1.807) is 0 Å². The molecule has 8 heteroatoms. The van der Waals surface area contributed by atoms with Gasteiger partial charge in [-0.2, -0.15) is 0 Å². The van der Waals surface area contributed by atoms with Gasteiger partial charge in [0.1, 0.15) is 6.61 Å². The van der Waals surface area contributed by atoms with Gasteiger partial charge in [-0.1, -0.05) is 0 Å². The second-order valence-electron chi connectivity index (χ2n) is 4.20. The third-order valence-electron chi connectivity index (χ3n) is 2.57. The molecule has 8 nitrogen and oxygen atoms in total. The van der Waals surface area contributed by atoms with E-state index in [-0.39, 0.29) is 38.9 Å². The highest BCUT2D eigenvalue weighted by Gasteiger charge is 2.32. The van der Waals surface area contributed by atoms with E-state index in [4.69, 9.17) is 5.11 Å². The Morgan fingerprint density at radius 2 is 1.60 bits per heavy atom. The average Bonchev–Trinajstić information content (AvgIpc) is 2.73. The number of unbranched alkanes of at least 4 members (excludes halogenated alkanes) is 1. The molecule has 0 atom stereocenters. The molecule has 1 heterocycles. The minimum Gasteiger partial charge on any atom is -0.463 e. The van der Waals surface area contributed by atoms with E-state index in [9.17, 15) is 19.2 Å². The van der Waals surface area contributed by atoms with Gasteiger partial charge in [-0.3, -0.25) is 14.4 Å². The highest BCUT2D eigenvalue weighted by atomic mass is 16.7. The smallest absolute Gasteiger partial charge is 0.333 e. The highest BCUT2D eigenvalue weighted by molar-refractivity contribution is 6.01. The van der Waals surface area contributed by atoms with E-state index in [1.807, 2.05) is 0 Å². The predicted octanol–water partition coefficient (Wildman–Crippen LogP) is -0.311. The largest absolute Gasteiger partial charge is 0.463 e. The minimum absolute atomic E-state index is 0.00431. The minimum atomic E-state index is -0.683. The Hall–Kier alpha value is -1.96. The summed E-state index contributed by atoms with van der Waals surface area (Å²) in [6.45, 7) is -0.268. The topological polar surface area (TPSA) is 110 Å². The number of rotatable bonds is 8. The molecule has 1 rings (SSSR count). The first kappa shape index (κ1) is 16.1. The van der Waals surface area contributed by atoms with Crippen LogP contribution in [-0.2, 0) is 28.8 Å². The van der Waals surface area contributed by atoms with Crippen LogP contribution in [-0.4, -0.2) is 47.1 Å². The Morgan fingerprint density at radius 3 is 2.15 bits per heavy atom. The van der Waals surface area contributed by atoms with E-state index < -0.39 is 23.8 Å². The van der Waals surface area contributed by atoms with E-state index in [0.29, 0.717) is 17.9 Å². The molecular formula is C12H17NO7. The summed E-state index contributed by atoms with van der Waals surface area (Å²) in [6, 6.07) is 0. The van der Waals surface area contributed by atoms with Crippen molar-refractivity contribution in [2.24, 2.45) is 0 Å². The van der Waals surface area contributed by atoms with Crippen molar-refractivity contribution in [3.05, 3.63) is 0 Å². The van der Waals surface area contributed by atoms with Crippen LogP contribution in [0.2, 0.25) is 0 Å². The zero-order valence-electron chi connectivity index (χ0n) is 11.0. The highest BCUT2D eigenvalue weighted by Crippen LogP contribution is 2.13. The first-order chi connectivity index (χ1) is 9.54. The van der Waals surface area contributed by atoms with Crippen LogP contribution >= 0.6 is 0 Å². The second kappa shape index (κ2) is 8.26. The molecule has 0 radical (unpaired) electrons. The Morgan fingerprint density at radius 1 is 1.05 bits per heavy atom. The van der Waals surface area contributed by atoms with Crippen molar-refractivity contribution < 1.29 is 33.9 Å². The third-order valence-corrected chi connectivity index (χ3v) is 2.57. The number of hydroxylamine groups is 2. The molecule has 112 valence electrons. The number of aliphatic hydroxyl groups excluding tert-OH is 1. The maximum atomic E-state index is 11.4. The molecule has 0 aliphatic carbocycles. The molecule has 0 aromatic carbocycles. The Labute approximate surface area is 115 Å².